The molecule has 2 fully saturated rings. The average molecular weight is 240 g/mol. The maximum Gasteiger partial charge on any atom is 0.260 e. The third-order valence-electron chi connectivity index (χ3n) is 3.76. The van der Waals surface area contributed by atoms with Gasteiger partial charge < -0.3 is 5.32 Å². The Kier molecular flexibility index (Phi) is 5.26. The summed E-state index contributed by atoms with van der Waals surface area (Å²) in [6.45, 7) is 0.946. The molecule has 1 heterocycles. The molecule has 4 heteroatoms. The molecule has 1 aliphatic heterocycles. The van der Waals surface area contributed by atoms with Crippen molar-refractivity contribution >= 4 is 5.91 Å². The zero-order valence-corrected chi connectivity index (χ0v) is 10.5. The lowest BCUT2D eigenvalue weighted by Crippen LogP contribution is -2.45. The van der Waals surface area contributed by atoms with Gasteiger partial charge in [0.05, 0.1) is 12.1 Å². The Morgan fingerprint density at radius 1 is 1.00 bits per heavy atom. The van der Waals surface area contributed by atoms with Crippen LogP contribution in [-0.2, 0) is 9.63 Å². The highest BCUT2D eigenvalue weighted by Crippen LogP contribution is 2.20. The average Bonchev–Trinajstić information content (AvgIpc) is 2.78. The molecule has 17 heavy (non-hydrogen) atoms. The predicted molar refractivity (Wildman–Crippen MR) is 66.4 cm³/mol. The maximum atomic E-state index is 11.9. The van der Waals surface area contributed by atoms with Crippen molar-refractivity contribution in [3.05, 3.63) is 0 Å². The van der Waals surface area contributed by atoms with Crippen molar-refractivity contribution in [3.8, 4) is 0 Å². The fourth-order valence-corrected chi connectivity index (χ4v) is 2.65. The van der Waals surface area contributed by atoms with E-state index in [-0.39, 0.29) is 18.1 Å². The van der Waals surface area contributed by atoms with Gasteiger partial charge in [0, 0.05) is 0 Å². The molecule has 1 unspecified atom stereocenters. The molecular weight excluding hydrogens is 216 g/mol. The first-order chi connectivity index (χ1) is 8.36. The molecule has 0 spiro atoms. The molecule has 0 aromatic heterocycles. The first-order valence-corrected chi connectivity index (χ1v) is 7.05. The zero-order valence-electron chi connectivity index (χ0n) is 10.5. The molecule has 0 radical (unpaired) electrons. The molecule has 4 nitrogen and oxygen atoms in total. The molecule has 0 bridgehead atoms. The van der Waals surface area contributed by atoms with Gasteiger partial charge in [0.1, 0.15) is 0 Å². The van der Waals surface area contributed by atoms with E-state index in [0.717, 1.165) is 32.2 Å². The van der Waals surface area contributed by atoms with E-state index in [4.69, 9.17) is 4.84 Å². The SMILES string of the molecule is O=C(NOC1CCCC1)C1CCCCCCN1. The number of amides is 1. The van der Waals surface area contributed by atoms with Crippen LogP contribution in [0, 0.1) is 0 Å². The third-order valence-corrected chi connectivity index (χ3v) is 3.76. The summed E-state index contributed by atoms with van der Waals surface area (Å²) in [4.78, 5) is 17.4. The molecule has 0 aromatic carbocycles. The van der Waals surface area contributed by atoms with Crippen molar-refractivity contribution in [3.63, 3.8) is 0 Å². The van der Waals surface area contributed by atoms with E-state index in [2.05, 4.69) is 10.8 Å². The first-order valence-electron chi connectivity index (χ1n) is 7.05. The Morgan fingerprint density at radius 3 is 2.53 bits per heavy atom. The van der Waals surface area contributed by atoms with E-state index in [1.165, 1.54) is 32.1 Å². The Bertz CT molecular complexity index is 232. The van der Waals surface area contributed by atoms with E-state index in [0.29, 0.717) is 0 Å². The lowest BCUT2D eigenvalue weighted by atomic mass is 10.0. The zero-order chi connectivity index (χ0) is 11.9. The summed E-state index contributed by atoms with van der Waals surface area (Å²) >= 11 is 0. The molecular formula is C13H24N2O2. The second kappa shape index (κ2) is 6.97. The summed E-state index contributed by atoms with van der Waals surface area (Å²) in [5.74, 6) is 0.0128. The molecule has 2 rings (SSSR count). The second-order valence-electron chi connectivity index (χ2n) is 5.20. The summed E-state index contributed by atoms with van der Waals surface area (Å²) in [6.07, 6.45) is 10.6. The number of nitrogens with one attached hydrogen (secondary N) is 2. The van der Waals surface area contributed by atoms with Gasteiger partial charge in [-0.05, 0) is 32.2 Å². The van der Waals surface area contributed by atoms with Crippen molar-refractivity contribution in [2.45, 2.75) is 69.9 Å². The summed E-state index contributed by atoms with van der Waals surface area (Å²) in [7, 11) is 0. The summed E-state index contributed by atoms with van der Waals surface area (Å²) in [5.41, 5.74) is 2.64. The topological polar surface area (TPSA) is 50.4 Å². The fraction of sp³-hybridized carbons (Fsp3) is 0.923. The fourth-order valence-electron chi connectivity index (χ4n) is 2.65. The van der Waals surface area contributed by atoms with Gasteiger partial charge in [-0.25, -0.2) is 5.48 Å². The monoisotopic (exact) mass is 240 g/mol. The smallest absolute Gasteiger partial charge is 0.260 e. The van der Waals surface area contributed by atoms with Gasteiger partial charge in [-0.3, -0.25) is 9.63 Å². The van der Waals surface area contributed by atoms with Gasteiger partial charge in [-0.15, -0.1) is 0 Å². The Balaban J connectivity index is 1.69. The molecule has 1 saturated heterocycles. The minimum Gasteiger partial charge on any atom is -0.306 e. The van der Waals surface area contributed by atoms with E-state index in [9.17, 15) is 4.79 Å². The summed E-state index contributed by atoms with van der Waals surface area (Å²) in [5, 5.41) is 3.30. The van der Waals surface area contributed by atoms with Crippen LogP contribution in [-0.4, -0.2) is 24.6 Å². The number of rotatable bonds is 3. The number of carbonyl (C=O) groups is 1. The van der Waals surface area contributed by atoms with Gasteiger partial charge in [0.2, 0.25) is 0 Å². The molecule has 1 saturated carbocycles. The largest absolute Gasteiger partial charge is 0.306 e. The van der Waals surface area contributed by atoms with Crippen LogP contribution in [0.3, 0.4) is 0 Å². The van der Waals surface area contributed by atoms with Crippen LogP contribution < -0.4 is 10.8 Å². The van der Waals surface area contributed by atoms with Crippen LogP contribution in [0.4, 0.5) is 0 Å². The number of hydrogen-bond acceptors (Lipinski definition) is 3. The molecule has 1 aliphatic carbocycles. The molecule has 2 N–H and O–H groups in total. The summed E-state index contributed by atoms with van der Waals surface area (Å²) < 4.78 is 0. The number of carbonyl (C=O) groups excluding carboxylic acids is 1. The van der Waals surface area contributed by atoms with Crippen LogP contribution in [0.1, 0.15) is 57.8 Å². The van der Waals surface area contributed by atoms with Gasteiger partial charge >= 0.3 is 0 Å². The lowest BCUT2D eigenvalue weighted by molar-refractivity contribution is -0.140. The van der Waals surface area contributed by atoms with Gasteiger partial charge in [-0.2, -0.15) is 0 Å². The van der Waals surface area contributed by atoms with Gasteiger partial charge in [0.25, 0.3) is 5.91 Å². The van der Waals surface area contributed by atoms with Crippen molar-refractivity contribution < 1.29 is 9.63 Å². The molecule has 1 atom stereocenters. The Morgan fingerprint density at radius 2 is 1.71 bits per heavy atom. The predicted octanol–water partition coefficient (Wildman–Crippen LogP) is 1.90. The first kappa shape index (κ1) is 12.8. The van der Waals surface area contributed by atoms with Crippen LogP contribution in [0.25, 0.3) is 0 Å². The van der Waals surface area contributed by atoms with E-state index < -0.39 is 0 Å². The highest BCUT2D eigenvalue weighted by molar-refractivity contribution is 5.80. The number of hydrogen-bond donors (Lipinski definition) is 2. The summed E-state index contributed by atoms with van der Waals surface area (Å²) in [6, 6.07) is -0.0586. The minimum absolute atomic E-state index is 0.0128. The van der Waals surface area contributed by atoms with Crippen molar-refractivity contribution in [1.29, 1.82) is 0 Å². The van der Waals surface area contributed by atoms with Gasteiger partial charge in [-0.1, -0.05) is 32.1 Å². The van der Waals surface area contributed by atoms with Crippen molar-refractivity contribution in [2.24, 2.45) is 0 Å². The highest BCUT2D eigenvalue weighted by Gasteiger charge is 2.21. The molecule has 1 amide bonds. The minimum atomic E-state index is -0.0586. The second-order valence-corrected chi connectivity index (χ2v) is 5.20. The Hall–Kier alpha value is -0.610. The molecule has 98 valence electrons. The quantitative estimate of drug-likeness (QED) is 0.741. The third kappa shape index (κ3) is 4.28. The highest BCUT2D eigenvalue weighted by atomic mass is 16.7. The van der Waals surface area contributed by atoms with E-state index in [1.807, 2.05) is 0 Å². The van der Waals surface area contributed by atoms with Crippen LogP contribution in [0.5, 0.6) is 0 Å². The Labute approximate surface area is 103 Å². The standard InChI is InChI=1S/C13H24N2O2/c16-13(15-17-11-7-4-5-8-11)12-9-3-1-2-6-10-14-12/h11-12,14H,1-10H2,(H,15,16). The van der Waals surface area contributed by atoms with E-state index >= 15 is 0 Å². The van der Waals surface area contributed by atoms with E-state index in [1.54, 1.807) is 0 Å². The van der Waals surface area contributed by atoms with Crippen LogP contribution >= 0.6 is 0 Å². The van der Waals surface area contributed by atoms with Crippen molar-refractivity contribution in [2.75, 3.05) is 6.54 Å². The lowest BCUT2D eigenvalue weighted by Gasteiger charge is -2.21. The number of hydroxylamine groups is 1. The molecule has 0 aromatic rings. The van der Waals surface area contributed by atoms with Gasteiger partial charge in [0.15, 0.2) is 0 Å². The van der Waals surface area contributed by atoms with Crippen LogP contribution in [0.15, 0.2) is 0 Å². The maximum absolute atomic E-state index is 11.9. The normalized spacial score (nSPS) is 27.4. The van der Waals surface area contributed by atoms with Crippen molar-refractivity contribution in [1.82, 2.24) is 10.8 Å². The van der Waals surface area contributed by atoms with Crippen LogP contribution in [0.2, 0.25) is 0 Å². The molecule has 2 aliphatic rings.